The van der Waals surface area contributed by atoms with Crippen molar-refractivity contribution in [1.82, 2.24) is 19.7 Å². The van der Waals surface area contributed by atoms with Crippen molar-refractivity contribution in [1.29, 1.82) is 0 Å². The Morgan fingerprint density at radius 3 is 2.79 bits per heavy atom. The van der Waals surface area contributed by atoms with E-state index in [9.17, 15) is 9.59 Å². The fraction of sp³-hybridized carbons (Fsp3) is 0.267. The molecule has 124 valence electrons. The molecular formula is C15H16N6O2S. The Hall–Kier alpha value is -2.81. The Labute approximate surface area is 141 Å². The van der Waals surface area contributed by atoms with E-state index in [4.69, 9.17) is 5.73 Å². The van der Waals surface area contributed by atoms with E-state index in [2.05, 4.69) is 20.4 Å². The summed E-state index contributed by atoms with van der Waals surface area (Å²) < 4.78 is 1.66. The molecule has 0 saturated carbocycles. The van der Waals surface area contributed by atoms with Crippen molar-refractivity contribution in [3.63, 3.8) is 0 Å². The molecule has 0 aromatic carbocycles. The van der Waals surface area contributed by atoms with E-state index >= 15 is 0 Å². The lowest BCUT2D eigenvalue weighted by molar-refractivity contribution is -0.117. The minimum absolute atomic E-state index is 0.0483. The number of aryl methyl sites for hydroxylation is 3. The van der Waals surface area contributed by atoms with Gasteiger partial charge in [0.25, 0.3) is 5.91 Å². The molecule has 0 unspecified atom stereocenters. The van der Waals surface area contributed by atoms with Gasteiger partial charge in [-0.25, -0.2) is 9.97 Å². The lowest BCUT2D eigenvalue weighted by Gasteiger charge is -2.05. The molecule has 3 rings (SSSR count). The monoisotopic (exact) mass is 344 g/mol. The molecule has 3 aromatic rings. The van der Waals surface area contributed by atoms with E-state index in [-0.39, 0.29) is 12.3 Å². The van der Waals surface area contributed by atoms with Gasteiger partial charge in [-0.05, 0) is 19.9 Å². The zero-order valence-corrected chi connectivity index (χ0v) is 14.3. The second-order valence-electron chi connectivity index (χ2n) is 5.46. The van der Waals surface area contributed by atoms with E-state index in [0.717, 1.165) is 16.8 Å². The first-order valence-electron chi connectivity index (χ1n) is 7.20. The highest BCUT2D eigenvalue weighted by atomic mass is 32.1. The molecule has 3 N–H and O–H groups in total. The number of anilines is 1. The van der Waals surface area contributed by atoms with Crippen LogP contribution in [0.4, 0.5) is 5.13 Å². The van der Waals surface area contributed by atoms with Crippen molar-refractivity contribution in [3.05, 3.63) is 34.1 Å². The van der Waals surface area contributed by atoms with E-state index in [1.165, 1.54) is 11.3 Å². The first-order valence-corrected chi connectivity index (χ1v) is 8.08. The molecule has 0 aliphatic carbocycles. The molecule has 0 atom stereocenters. The highest BCUT2D eigenvalue weighted by Gasteiger charge is 2.18. The Balaban J connectivity index is 1.94. The summed E-state index contributed by atoms with van der Waals surface area (Å²) in [7, 11) is 1.79. The second kappa shape index (κ2) is 6.00. The average molecular weight is 344 g/mol. The fourth-order valence-electron chi connectivity index (χ4n) is 2.54. The number of nitrogens with two attached hydrogens (primary N) is 1. The van der Waals surface area contributed by atoms with Crippen LogP contribution in [0.15, 0.2) is 11.4 Å². The number of nitrogens with zero attached hydrogens (tertiary/aromatic N) is 4. The third kappa shape index (κ3) is 2.98. The fourth-order valence-corrected chi connectivity index (χ4v) is 3.24. The van der Waals surface area contributed by atoms with Crippen LogP contribution in [0.3, 0.4) is 0 Å². The number of thiazole rings is 1. The zero-order valence-electron chi connectivity index (χ0n) is 13.5. The summed E-state index contributed by atoms with van der Waals surface area (Å²) in [5, 5.41) is 9.92. The van der Waals surface area contributed by atoms with Gasteiger partial charge in [-0.3, -0.25) is 19.6 Å². The van der Waals surface area contributed by atoms with E-state index in [0.29, 0.717) is 22.0 Å². The molecule has 9 heteroatoms. The molecule has 3 heterocycles. The Morgan fingerprint density at radius 2 is 2.08 bits per heavy atom. The molecule has 0 fully saturated rings. The summed E-state index contributed by atoms with van der Waals surface area (Å²) in [6.07, 6.45) is 0.0483. The highest BCUT2D eigenvalue weighted by Crippen LogP contribution is 2.23. The minimum atomic E-state index is -0.462. The van der Waals surface area contributed by atoms with Crippen LogP contribution in [0.1, 0.15) is 27.4 Å². The lowest BCUT2D eigenvalue weighted by Crippen LogP contribution is -2.15. The predicted molar refractivity (Wildman–Crippen MR) is 90.9 cm³/mol. The van der Waals surface area contributed by atoms with Gasteiger partial charge < -0.3 is 5.73 Å². The number of fused-ring (bicyclic) bond motifs is 1. The molecular weight excluding hydrogens is 328 g/mol. The van der Waals surface area contributed by atoms with Gasteiger partial charge in [0.05, 0.1) is 28.8 Å². The van der Waals surface area contributed by atoms with Crippen LogP contribution >= 0.6 is 11.3 Å². The van der Waals surface area contributed by atoms with E-state index < -0.39 is 5.91 Å². The Kier molecular flexibility index (Phi) is 4.02. The molecule has 24 heavy (non-hydrogen) atoms. The number of amides is 2. The number of hydrogen-bond donors (Lipinski definition) is 2. The highest BCUT2D eigenvalue weighted by molar-refractivity contribution is 7.14. The third-order valence-electron chi connectivity index (χ3n) is 3.47. The smallest absolute Gasteiger partial charge is 0.258 e. The third-order valence-corrected chi connectivity index (χ3v) is 4.28. The number of nitrogens with one attached hydrogen (secondary N) is 1. The number of carbonyl (C=O) groups is 2. The standard InChI is InChI=1S/C15H16N6O2S/c1-7-4-10(12-8(2)20-21(3)13(12)17-7)14(23)19-15-18-9(6-24-15)5-11(16)22/h4,6H,5H2,1-3H3,(H2,16,22)(H,18,19,23). The largest absolute Gasteiger partial charge is 0.369 e. The van der Waals surface area contributed by atoms with Crippen LogP contribution in [-0.2, 0) is 18.3 Å². The topological polar surface area (TPSA) is 116 Å². The van der Waals surface area contributed by atoms with Crippen molar-refractivity contribution in [2.75, 3.05) is 5.32 Å². The summed E-state index contributed by atoms with van der Waals surface area (Å²) in [4.78, 5) is 32.2. The van der Waals surface area contributed by atoms with Gasteiger partial charge in [0, 0.05) is 18.1 Å². The maximum atomic E-state index is 12.7. The van der Waals surface area contributed by atoms with Crippen LogP contribution in [0.5, 0.6) is 0 Å². The average Bonchev–Trinajstić information content (AvgIpc) is 3.02. The van der Waals surface area contributed by atoms with Crippen LogP contribution in [0.25, 0.3) is 11.0 Å². The van der Waals surface area contributed by atoms with Crippen LogP contribution < -0.4 is 11.1 Å². The molecule has 0 bridgehead atoms. The van der Waals surface area contributed by atoms with Gasteiger partial charge in [0.2, 0.25) is 5.91 Å². The number of pyridine rings is 1. The number of hydrogen-bond acceptors (Lipinski definition) is 6. The van der Waals surface area contributed by atoms with Gasteiger partial charge in [-0.15, -0.1) is 11.3 Å². The summed E-state index contributed by atoms with van der Waals surface area (Å²) >= 11 is 1.25. The zero-order chi connectivity index (χ0) is 17.4. The summed E-state index contributed by atoms with van der Waals surface area (Å²) in [6.45, 7) is 3.66. The van der Waals surface area contributed by atoms with Gasteiger partial charge >= 0.3 is 0 Å². The molecule has 0 spiro atoms. The molecule has 0 aliphatic rings. The molecule has 0 saturated heterocycles. The van der Waals surface area contributed by atoms with Gasteiger partial charge in [0.15, 0.2) is 10.8 Å². The summed E-state index contributed by atoms with van der Waals surface area (Å²) in [6, 6.07) is 1.73. The quantitative estimate of drug-likeness (QED) is 0.740. The maximum absolute atomic E-state index is 12.7. The Morgan fingerprint density at radius 1 is 1.33 bits per heavy atom. The molecule has 0 radical (unpaired) electrons. The van der Waals surface area contributed by atoms with E-state index in [1.807, 2.05) is 13.8 Å². The molecule has 0 aliphatic heterocycles. The second-order valence-corrected chi connectivity index (χ2v) is 6.32. The normalized spacial score (nSPS) is 11.0. The number of primary amides is 1. The maximum Gasteiger partial charge on any atom is 0.258 e. The summed E-state index contributed by atoms with van der Waals surface area (Å²) in [5.41, 5.74) is 8.30. The van der Waals surface area contributed by atoms with Gasteiger partial charge in [-0.2, -0.15) is 5.10 Å². The SMILES string of the molecule is Cc1cc(C(=O)Nc2nc(CC(N)=O)cs2)c2c(C)nn(C)c2n1. The van der Waals surface area contributed by atoms with Crippen molar-refractivity contribution < 1.29 is 9.59 Å². The van der Waals surface area contributed by atoms with Crippen molar-refractivity contribution in [2.24, 2.45) is 12.8 Å². The van der Waals surface area contributed by atoms with Crippen LogP contribution in [0, 0.1) is 13.8 Å². The van der Waals surface area contributed by atoms with Gasteiger partial charge in [0.1, 0.15) is 0 Å². The number of rotatable bonds is 4. The molecule has 2 amide bonds. The lowest BCUT2D eigenvalue weighted by atomic mass is 10.1. The van der Waals surface area contributed by atoms with Crippen molar-refractivity contribution >= 4 is 39.3 Å². The number of carbonyl (C=O) groups excluding carboxylic acids is 2. The predicted octanol–water partition coefficient (Wildman–Crippen LogP) is 1.32. The first kappa shape index (κ1) is 16.1. The Bertz CT molecular complexity index is 958. The first-order chi connectivity index (χ1) is 11.3. The summed E-state index contributed by atoms with van der Waals surface area (Å²) in [5.74, 6) is -0.753. The van der Waals surface area contributed by atoms with Crippen molar-refractivity contribution in [3.8, 4) is 0 Å². The van der Waals surface area contributed by atoms with Crippen LogP contribution in [0.2, 0.25) is 0 Å². The van der Waals surface area contributed by atoms with Crippen LogP contribution in [-0.4, -0.2) is 31.6 Å². The van der Waals surface area contributed by atoms with Crippen molar-refractivity contribution in [2.45, 2.75) is 20.3 Å². The van der Waals surface area contributed by atoms with Gasteiger partial charge in [-0.1, -0.05) is 0 Å². The van der Waals surface area contributed by atoms with E-state index in [1.54, 1.807) is 23.2 Å². The number of aromatic nitrogens is 4. The molecule has 3 aromatic heterocycles. The minimum Gasteiger partial charge on any atom is -0.369 e. The molecule has 8 nitrogen and oxygen atoms in total.